The lowest BCUT2D eigenvalue weighted by atomic mass is 10.1. The number of nitrogens with zero attached hydrogens (tertiary/aromatic N) is 1. The van der Waals surface area contributed by atoms with E-state index in [9.17, 15) is 4.79 Å². The van der Waals surface area contributed by atoms with Gasteiger partial charge in [0.25, 0.3) is 0 Å². The Labute approximate surface area is 121 Å². The minimum atomic E-state index is 0.204. The maximum absolute atomic E-state index is 11.8. The summed E-state index contributed by atoms with van der Waals surface area (Å²) in [4.78, 5) is 13.7. The van der Waals surface area contributed by atoms with Crippen LogP contribution in [0.2, 0.25) is 0 Å². The second kappa shape index (κ2) is 7.78. The second-order valence-electron chi connectivity index (χ2n) is 4.55. The molecule has 0 bridgehead atoms. The maximum Gasteiger partial charge on any atom is 0.223 e. The highest BCUT2D eigenvalue weighted by molar-refractivity contribution is 5.78. The third-order valence-corrected chi connectivity index (χ3v) is 3.49. The van der Waals surface area contributed by atoms with Crippen molar-refractivity contribution in [1.29, 1.82) is 0 Å². The quantitative estimate of drug-likeness (QED) is 0.849. The summed E-state index contributed by atoms with van der Waals surface area (Å²) in [5.41, 5.74) is 0.935. The molecule has 1 amide bonds. The van der Waals surface area contributed by atoms with Crippen molar-refractivity contribution in [3.05, 3.63) is 23.8 Å². The minimum absolute atomic E-state index is 0.204. The van der Waals surface area contributed by atoms with Crippen LogP contribution < -0.4 is 9.47 Å². The molecule has 0 aromatic heterocycles. The first-order valence-electron chi connectivity index (χ1n) is 7.16. The number of rotatable bonds is 4. The van der Waals surface area contributed by atoms with Gasteiger partial charge in [0, 0.05) is 12.5 Å². The summed E-state index contributed by atoms with van der Waals surface area (Å²) in [5.74, 6) is 1.73. The molecule has 4 nitrogen and oxygen atoms in total. The molecule has 1 atom stereocenters. The van der Waals surface area contributed by atoms with Crippen molar-refractivity contribution in [2.75, 3.05) is 14.2 Å². The summed E-state index contributed by atoms with van der Waals surface area (Å²) in [6.45, 7) is 6.62. The van der Waals surface area contributed by atoms with Crippen molar-refractivity contribution < 1.29 is 14.3 Å². The molecule has 1 aliphatic rings. The predicted molar refractivity (Wildman–Crippen MR) is 80.1 cm³/mol. The molecule has 20 heavy (non-hydrogen) atoms. The molecule has 0 saturated carbocycles. The molecule has 0 spiro atoms. The van der Waals surface area contributed by atoms with Gasteiger partial charge < -0.3 is 14.4 Å². The SMILES string of the molecule is CC.COc1cccc(OC)c1CN1C(=O)CCC1C. The van der Waals surface area contributed by atoms with Gasteiger partial charge in [-0.3, -0.25) is 4.79 Å². The van der Waals surface area contributed by atoms with Gasteiger partial charge >= 0.3 is 0 Å². The molecule has 1 heterocycles. The van der Waals surface area contributed by atoms with Crippen LogP contribution in [0, 0.1) is 0 Å². The summed E-state index contributed by atoms with van der Waals surface area (Å²) < 4.78 is 10.7. The van der Waals surface area contributed by atoms with Gasteiger partial charge in [0.1, 0.15) is 11.5 Å². The first-order chi connectivity index (χ1) is 9.67. The molecule has 1 unspecified atom stereocenters. The number of likely N-dealkylation sites (tertiary alicyclic amines) is 1. The average molecular weight is 279 g/mol. The van der Waals surface area contributed by atoms with Gasteiger partial charge in [-0.25, -0.2) is 0 Å². The number of ether oxygens (including phenoxy) is 2. The number of benzene rings is 1. The van der Waals surface area contributed by atoms with Gasteiger partial charge in [-0.1, -0.05) is 19.9 Å². The fourth-order valence-corrected chi connectivity index (χ4v) is 2.38. The summed E-state index contributed by atoms with van der Waals surface area (Å²) in [5, 5.41) is 0. The van der Waals surface area contributed by atoms with Crippen molar-refractivity contribution in [2.45, 2.75) is 46.2 Å². The molecule has 1 aliphatic heterocycles. The first kappa shape index (κ1) is 16.3. The van der Waals surface area contributed by atoms with E-state index in [0.717, 1.165) is 23.5 Å². The molecular weight excluding hydrogens is 254 g/mol. The van der Waals surface area contributed by atoms with E-state index in [1.807, 2.05) is 36.9 Å². The number of methoxy groups -OCH3 is 2. The Hall–Kier alpha value is -1.71. The Morgan fingerprint density at radius 3 is 2.15 bits per heavy atom. The van der Waals surface area contributed by atoms with Crippen molar-refractivity contribution in [1.82, 2.24) is 4.90 Å². The predicted octanol–water partition coefficient (Wildman–Crippen LogP) is 3.24. The van der Waals surface area contributed by atoms with E-state index in [0.29, 0.717) is 13.0 Å². The Balaban J connectivity index is 0.000000956. The first-order valence-corrected chi connectivity index (χ1v) is 7.16. The van der Waals surface area contributed by atoms with Crippen molar-refractivity contribution >= 4 is 5.91 Å². The van der Waals surface area contributed by atoms with Crippen LogP contribution in [-0.4, -0.2) is 31.1 Å². The highest BCUT2D eigenvalue weighted by Crippen LogP contribution is 2.32. The highest BCUT2D eigenvalue weighted by atomic mass is 16.5. The van der Waals surface area contributed by atoms with Gasteiger partial charge in [-0.2, -0.15) is 0 Å². The second-order valence-corrected chi connectivity index (χ2v) is 4.55. The molecular formula is C16H25NO3. The summed E-state index contributed by atoms with van der Waals surface area (Å²) >= 11 is 0. The zero-order valence-corrected chi connectivity index (χ0v) is 13.1. The molecule has 1 aromatic rings. The topological polar surface area (TPSA) is 38.8 Å². The van der Waals surface area contributed by atoms with Crippen molar-refractivity contribution in [3.63, 3.8) is 0 Å². The molecule has 0 radical (unpaired) electrons. The molecule has 1 saturated heterocycles. The Bertz CT molecular complexity index is 423. The van der Waals surface area contributed by atoms with E-state index in [2.05, 4.69) is 6.92 Å². The summed E-state index contributed by atoms with van der Waals surface area (Å²) in [7, 11) is 3.26. The van der Waals surface area contributed by atoms with Crippen LogP contribution in [0.4, 0.5) is 0 Å². The third kappa shape index (κ3) is 3.44. The van der Waals surface area contributed by atoms with E-state index < -0.39 is 0 Å². The van der Waals surface area contributed by atoms with Crippen LogP contribution in [0.25, 0.3) is 0 Å². The minimum Gasteiger partial charge on any atom is -0.496 e. The number of carbonyl (C=O) groups excluding carboxylic acids is 1. The van der Waals surface area contributed by atoms with Crippen LogP contribution in [0.1, 0.15) is 39.2 Å². The van der Waals surface area contributed by atoms with E-state index >= 15 is 0 Å². The van der Waals surface area contributed by atoms with E-state index in [4.69, 9.17) is 9.47 Å². The number of amides is 1. The Kier molecular flexibility index (Phi) is 6.36. The van der Waals surface area contributed by atoms with Crippen LogP contribution in [0.5, 0.6) is 11.5 Å². The fraction of sp³-hybridized carbons (Fsp3) is 0.562. The van der Waals surface area contributed by atoms with Gasteiger partial charge in [0.2, 0.25) is 5.91 Å². The number of hydrogen-bond donors (Lipinski definition) is 0. The van der Waals surface area contributed by atoms with Crippen LogP contribution in [0.15, 0.2) is 18.2 Å². The molecule has 1 aromatic carbocycles. The third-order valence-electron chi connectivity index (χ3n) is 3.49. The summed E-state index contributed by atoms with van der Waals surface area (Å²) in [6, 6.07) is 5.95. The monoisotopic (exact) mass is 279 g/mol. The molecule has 112 valence electrons. The lowest BCUT2D eigenvalue weighted by Gasteiger charge is -2.24. The number of carbonyl (C=O) groups is 1. The highest BCUT2D eigenvalue weighted by Gasteiger charge is 2.29. The van der Waals surface area contributed by atoms with E-state index in [1.54, 1.807) is 14.2 Å². The lowest BCUT2D eigenvalue weighted by molar-refractivity contribution is -0.129. The van der Waals surface area contributed by atoms with Gasteiger partial charge in [0.05, 0.1) is 26.3 Å². The largest absolute Gasteiger partial charge is 0.496 e. The van der Waals surface area contributed by atoms with Crippen LogP contribution in [0.3, 0.4) is 0 Å². The van der Waals surface area contributed by atoms with Crippen LogP contribution in [-0.2, 0) is 11.3 Å². The average Bonchev–Trinajstić information content (AvgIpc) is 2.81. The van der Waals surface area contributed by atoms with E-state index in [-0.39, 0.29) is 11.9 Å². The zero-order chi connectivity index (χ0) is 15.1. The Morgan fingerprint density at radius 2 is 1.75 bits per heavy atom. The summed E-state index contributed by atoms with van der Waals surface area (Å²) in [6.07, 6.45) is 1.56. The molecule has 2 rings (SSSR count). The van der Waals surface area contributed by atoms with E-state index in [1.165, 1.54) is 0 Å². The molecule has 0 aliphatic carbocycles. The fourth-order valence-electron chi connectivity index (χ4n) is 2.38. The lowest BCUT2D eigenvalue weighted by Crippen LogP contribution is -2.30. The normalized spacial score (nSPS) is 17.6. The smallest absolute Gasteiger partial charge is 0.223 e. The Morgan fingerprint density at radius 1 is 1.20 bits per heavy atom. The van der Waals surface area contributed by atoms with Gasteiger partial charge in [-0.05, 0) is 25.5 Å². The van der Waals surface area contributed by atoms with Gasteiger partial charge in [-0.15, -0.1) is 0 Å². The zero-order valence-electron chi connectivity index (χ0n) is 13.1. The maximum atomic E-state index is 11.8. The molecule has 4 heteroatoms. The molecule has 0 N–H and O–H groups in total. The van der Waals surface area contributed by atoms with Gasteiger partial charge in [0.15, 0.2) is 0 Å². The standard InChI is InChI=1S/C14H19NO3.C2H6/c1-10-7-8-14(16)15(10)9-11-12(17-2)5-4-6-13(11)18-3;1-2/h4-6,10H,7-9H2,1-3H3;1-2H3. The van der Waals surface area contributed by atoms with Crippen LogP contribution >= 0.6 is 0 Å². The van der Waals surface area contributed by atoms with Crippen molar-refractivity contribution in [2.24, 2.45) is 0 Å². The molecule has 1 fully saturated rings. The van der Waals surface area contributed by atoms with Crippen molar-refractivity contribution in [3.8, 4) is 11.5 Å². The number of hydrogen-bond acceptors (Lipinski definition) is 3.